The molecular formula is C26H21Cl3N2O3. The van der Waals surface area contributed by atoms with Gasteiger partial charge in [-0.05, 0) is 61.4 Å². The average Bonchev–Trinajstić information content (AvgIpc) is 2.80. The highest BCUT2D eigenvalue weighted by Crippen LogP contribution is 2.38. The Kier molecular flexibility index (Phi) is 8.84. The number of anilines is 1. The van der Waals surface area contributed by atoms with Gasteiger partial charge in [-0.1, -0.05) is 64.6 Å². The zero-order valence-corrected chi connectivity index (χ0v) is 20.8. The van der Waals surface area contributed by atoms with Gasteiger partial charge in [0.15, 0.2) is 11.5 Å². The van der Waals surface area contributed by atoms with Gasteiger partial charge in [0.1, 0.15) is 18.2 Å². The van der Waals surface area contributed by atoms with Gasteiger partial charge in [0.2, 0.25) is 0 Å². The third kappa shape index (κ3) is 6.68. The van der Waals surface area contributed by atoms with E-state index in [1.165, 1.54) is 12.1 Å². The van der Waals surface area contributed by atoms with Gasteiger partial charge in [0.05, 0.1) is 21.7 Å². The van der Waals surface area contributed by atoms with Crippen LogP contribution in [0.2, 0.25) is 15.1 Å². The minimum atomic E-state index is -0.602. The molecule has 5 nitrogen and oxygen atoms in total. The number of hydrogen-bond acceptors (Lipinski definition) is 4. The second kappa shape index (κ2) is 11.8. The number of carbonyl (C=O) groups excluding carboxylic acids is 1. The molecule has 0 saturated heterocycles. The predicted molar refractivity (Wildman–Crippen MR) is 137 cm³/mol. The minimum Gasteiger partial charge on any atom is -0.490 e. The van der Waals surface area contributed by atoms with Gasteiger partial charge in [-0.15, -0.1) is 0 Å². The summed E-state index contributed by atoms with van der Waals surface area (Å²) in [6, 6.07) is 17.8. The molecule has 3 rings (SSSR count). The van der Waals surface area contributed by atoms with Crippen LogP contribution in [-0.4, -0.2) is 12.5 Å². The summed E-state index contributed by atoms with van der Waals surface area (Å²) in [4.78, 5) is 12.6. The number of amides is 1. The van der Waals surface area contributed by atoms with E-state index >= 15 is 0 Å². The number of nitriles is 1. The van der Waals surface area contributed by atoms with Gasteiger partial charge < -0.3 is 14.8 Å². The summed E-state index contributed by atoms with van der Waals surface area (Å²) in [7, 11) is 0. The smallest absolute Gasteiger partial charge is 0.266 e. The summed E-state index contributed by atoms with van der Waals surface area (Å²) >= 11 is 18.4. The van der Waals surface area contributed by atoms with E-state index in [0.717, 1.165) is 11.1 Å². The van der Waals surface area contributed by atoms with Crippen LogP contribution in [0.25, 0.3) is 6.08 Å². The van der Waals surface area contributed by atoms with Crippen LogP contribution in [0.4, 0.5) is 5.69 Å². The first-order valence-corrected chi connectivity index (χ1v) is 11.5. The first-order chi connectivity index (χ1) is 16.3. The van der Waals surface area contributed by atoms with Crippen molar-refractivity contribution in [2.24, 2.45) is 0 Å². The first-order valence-electron chi connectivity index (χ1n) is 10.3. The molecule has 0 unspecified atom stereocenters. The monoisotopic (exact) mass is 514 g/mol. The lowest BCUT2D eigenvalue weighted by molar-refractivity contribution is -0.112. The molecule has 34 heavy (non-hydrogen) atoms. The molecule has 0 saturated carbocycles. The molecule has 1 N–H and O–H groups in total. The maximum atomic E-state index is 12.6. The second-order valence-corrected chi connectivity index (χ2v) is 8.51. The largest absolute Gasteiger partial charge is 0.490 e. The van der Waals surface area contributed by atoms with E-state index in [-0.39, 0.29) is 10.6 Å². The molecule has 0 bridgehead atoms. The molecule has 0 spiro atoms. The highest BCUT2D eigenvalue weighted by atomic mass is 35.5. The molecule has 0 atom stereocenters. The normalized spacial score (nSPS) is 11.0. The molecule has 0 aliphatic rings. The third-order valence-corrected chi connectivity index (χ3v) is 5.71. The Morgan fingerprint density at radius 3 is 2.38 bits per heavy atom. The Hall–Kier alpha value is -3.17. The number of nitrogens with zero attached hydrogens (tertiary/aromatic N) is 1. The van der Waals surface area contributed by atoms with Crippen LogP contribution in [0, 0.1) is 18.3 Å². The highest BCUT2D eigenvalue weighted by molar-refractivity contribution is 6.42. The standard InChI is InChI=1S/C26H21Cl3N2O3/c1-3-33-24-12-18(11-23(29)25(24)34-15-17-6-4-16(2)5-7-17)10-19(14-30)26(32)31-20-8-9-21(27)22(28)13-20/h4-13H,3,15H2,1-2H3,(H,31,32)/b19-10+. The zero-order chi connectivity index (χ0) is 24.7. The van der Waals surface area contributed by atoms with E-state index in [1.807, 2.05) is 44.2 Å². The fraction of sp³-hybridized carbons (Fsp3) is 0.154. The van der Waals surface area contributed by atoms with Crippen molar-refractivity contribution in [3.63, 3.8) is 0 Å². The number of rotatable bonds is 8. The van der Waals surface area contributed by atoms with E-state index in [9.17, 15) is 10.1 Å². The lowest BCUT2D eigenvalue weighted by Crippen LogP contribution is -2.13. The molecule has 8 heteroatoms. The molecule has 0 aliphatic carbocycles. The maximum absolute atomic E-state index is 12.6. The van der Waals surface area contributed by atoms with Crippen LogP contribution in [-0.2, 0) is 11.4 Å². The van der Waals surface area contributed by atoms with Crippen molar-refractivity contribution < 1.29 is 14.3 Å². The molecule has 174 valence electrons. The summed E-state index contributed by atoms with van der Waals surface area (Å²) in [5, 5.41) is 13.1. The number of carbonyl (C=O) groups is 1. The molecule has 0 fully saturated rings. The molecule has 0 radical (unpaired) electrons. The predicted octanol–water partition coefficient (Wildman–Crippen LogP) is 7.48. The highest BCUT2D eigenvalue weighted by Gasteiger charge is 2.15. The minimum absolute atomic E-state index is 0.127. The van der Waals surface area contributed by atoms with E-state index in [4.69, 9.17) is 44.3 Å². The Morgan fingerprint density at radius 2 is 1.74 bits per heavy atom. The number of aryl methyl sites for hydroxylation is 1. The fourth-order valence-corrected chi connectivity index (χ4v) is 3.57. The van der Waals surface area contributed by atoms with E-state index < -0.39 is 5.91 Å². The van der Waals surface area contributed by atoms with Crippen LogP contribution >= 0.6 is 34.8 Å². The summed E-state index contributed by atoms with van der Waals surface area (Å²) < 4.78 is 11.6. The molecule has 0 aliphatic heterocycles. The third-order valence-electron chi connectivity index (χ3n) is 4.69. The van der Waals surface area contributed by atoms with E-state index in [0.29, 0.717) is 46.0 Å². The average molecular weight is 516 g/mol. The number of halogens is 3. The molecule has 0 aromatic heterocycles. The zero-order valence-electron chi connectivity index (χ0n) is 18.5. The van der Waals surface area contributed by atoms with Crippen LogP contribution in [0.1, 0.15) is 23.6 Å². The van der Waals surface area contributed by atoms with Crippen LogP contribution in [0.15, 0.2) is 60.2 Å². The topological polar surface area (TPSA) is 71.3 Å². The molecule has 3 aromatic carbocycles. The molecule has 3 aromatic rings. The quantitative estimate of drug-likeness (QED) is 0.249. The van der Waals surface area contributed by atoms with Gasteiger partial charge in [0.25, 0.3) is 5.91 Å². The maximum Gasteiger partial charge on any atom is 0.266 e. The Bertz CT molecular complexity index is 1270. The van der Waals surface area contributed by atoms with Gasteiger partial charge >= 0.3 is 0 Å². The van der Waals surface area contributed by atoms with Gasteiger partial charge in [-0.2, -0.15) is 5.26 Å². The summed E-state index contributed by atoms with van der Waals surface area (Å²) in [5.41, 5.74) is 2.94. The molecule has 1 amide bonds. The Morgan fingerprint density at radius 1 is 1.00 bits per heavy atom. The van der Waals surface area contributed by atoms with Crippen molar-refractivity contribution in [3.8, 4) is 17.6 Å². The summed E-state index contributed by atoms with van der Waals surface area (Å²) in [5.74, 6) is 0.199. The first kappa shape index (κ1) is 25.5. The molecular weight excluding hydrogens is 495 g/mol. The van der Waals surface area contributed by atoms with Gasteiger partial charge in [0, 0.05) is 5.69 Å². The van der Waals surface area contributed by atoms with Crippen molar-refractivity contribution in [1.82, 2.24) is 0 Å². The number of hydrogen-bond donors (Lipinski definition) is 1. The Labute approximate surface area is 213 Å². The lowest BCUT2D eigenvalue weighted by Gasteiger charge is -2.15. The van der Waals surface area contributed by atoms with E-state index in [2.05, 4.69) is 5.32 Å². The Balaban J connectivity index is 1.84. The van der Waals surface area contributed by atoms with Gasteiger partial charge in [-0.3, -0.25) is 4.79 Å². The number of benzene rings is 3. The van der Waals surface area contributed by atoms with Crippen molar-refractivity contribution in [2.75, 3.05) is 11.9 Å². The van der Waals surface area contributed by atoms with Crippen molar-refractivity contribution in [1.29, 1.82) is 5.26 Å². The number of ether oxygens (including phenoxy) is 2. The van der Waals surface area contributed by atoms with E-state index in [1.54, 1.807) is 24.3 Å². The second-order valence-electron chi connectivity index (χ2n) is 7.29. The van der Waals surface area contributed by atoms with Gasteiger partial charge in [-0.25, -0.2) is 0 Å². The van der Waals surface area contributed by atoms with Crippen LogP contribution in [0.3, 0.4) is 0 Å². The van der Waals surface area contributed by atoms with Crippen LogP contribution in [0.5, 0.6) is 11.5 Å². The summed E-state index contributed by atoms with van der Waals surface area (Å²) in [6.45, 7) is 4.55. The van der Waals surface area contributed by atoms with Crippen molar-refractivity contribution in [3.05, 3.63) is 91.9 Å². The fourth-order valence-electron chi connectivity index (χ4n) is 3.00. The number of nitrogens with one attached hydrogen (secondary N) is 1. The van der Waals surface area contributed by atoms with Crippen molar-refractivity contribution >= 4 is 52.5 Å². The van der Waals surface area contributed by atoms with Crippen LogP contribution < -0.4 is 14.8 Å². The summed E-state index contributed by atoms with van der Waals surface area (Å²) in [6.07, 6.45) is 1.42. The lowest BCUT2D eigenvalue weighted by atomic mass is 10.1. The SMILES string of the molecule is CCOc1cc(/C=C(\C#N)C(=O)Nc2ccc(Cl)c(Cl)c2)cc(Cl)c1OCc1ccc(C)cc1. The molecule has 0 heterocycles. The van der Waals surface area contributed by atoms with Crippen molar-refractivity contribution in [2.45, 2.75) is 20.5 Å².